The van der Waals surface area contributed by atoms with Gasteiger partial charge < -0.3 is 10.2 Å². The second-order valence-corrected chi connectivity index (χ2v) is 6.17. The minimum atomic E-state index is 0.969. The third kappa shape index (κ3) is 3.58. The van der Waals surface area contributed by atoms with Crippen LogP contribution in [0, 0.1) is 11.8 Å². The lowest BCUT2D eigenvalue weighted by atomic mass is 9.84. The zero-order chi connectivity index (χ0) is 12.9. The third-order valence-corrected chi connectivity index (χ3v) is 4.96. The molecule has 0 spiro atoms. The average Bonchev–Trinajstić information content (AvgIpc) is 3.01. The molecule has 2 aliphatic heterocycles. The second-order valence-electron chi connectivity index (χ2n) is 6.17. The summed E-state index contributed by atoms with van der Waals surface area (Å²) in [5.41, 5.74) is 1.48. The fourth-order valence-corrected chi connectivity index (χ4v) is 3.66. The molecular weight excluding hydrogens is 232 g/mol. The molecule has 0 amide bonds. The number of piperidine rings is 1. The van der Waals surface area contributed by atoms with E-state index in [9.17, 15) is 0 Å². The van der Waals surface area contributed by atoms with E-state index in [1.54, 1.807) is 0 Å². The highest BCUT2D eigenvalue weighted by Gasteiger charge is 2.28. The molecule has 2 aliphatic rings. The Morgan fingerprint density at radius 3 is 2.47 bits per heavy atom. The molecule has 2 saturated heterocycles. The molecule has 19 heavy (non-hydrogen) atoms. The predicted octanol–water partition coefficient (Wildman–Crippen LogP) is 2.55. The van der Waals surface area contributed by atoms with Gasteiger partial charge in [0.25, 0.3) is 0 Å². The number of hydrogen-bond acceptors (Lipinski definition) is 2. The van der Waals surface area contributed by atoms with E-state index in [0.29, 0.717) is 0 Å². The monoisotopic (exact) mass is 258 g/mol. The van der Waals surface area contributed by atoms with Crippen LogP contribution in [0.1, 0.15) is 24.8 Å². The van der Waals surface area contributed by atoms with E-state index in [4.69, 9.17) is 0 Å². The first-order chi connectivity index (χ1) is 9.42. The smallest absolute Gasteiger partial charge is 0.00218 e. The van der Waals surface area contributed by atoms with Gasteiger partial charge in [-0.05, 0) is 69.3 Å². The summed E-state index contributed by atoms with van der Waals surface area (Å²) in [5, 5.41) is 3.51. The van der Waals surface area contributed by atoms with Gasteiger partial charge in [-0.15, -0.1) is 0 Å². The SMILES string of the molecule is c1ccc(CCN2CCC([C@H]3CCNC3)CC2)cc1. The molecule has 1 aromatic carbocycles. The van der Waals surface area contributed by atoms with Gasteiger partial charge in [-0.3, -0.25) is 0 Å². The van der Waals surface area contributed by atoms with Crippen molar-refractivity contribution in [1.82, 2.24) is 10.2 Å². The van der Waals surface area contributed by atoms with Crippen LogP contribution in [0.2, 0.25) is 0 Å². The van der Waals surface area contributed by atoms with E-state index in [0.717, 1.165) is 11.8 Å². The lowest BCUT2D eigenvalue weighted by Gasteiger charge is -2.34. The molecule has 2 heterocycles. The van der Waals surface area contributed by atoms with Crippen LogP contribution in [0.3, 0.4) is 0 Å². The van der Waals surface area contributed by atoms with Crippen LogP contribution < -0.4 is 5.32 Å². The molecule has 2 fully saturated rings. The topological polar surface area (TPSA) is 15.3 Å². The molecule has 3 rings (SSSR count). The molecule has 0 radical (unpaired) electrons. The maximum atomic E-state index is 3.51. The highest BCUT2D eigenvalue weighted by atomic mass is 15.1. The Morgan fingerprint density at radius 1 is 1.00 bits per heavy atom. The van der Waals surface area contributed by atoms with Gasteiger partial charge in [-0.2, -0.15) is 0 Å². The summed E-state index contributed by atoms with van der Waals surface area (Å²) in [6.45, 7) is 6.38. The van der Waals surface area contributed by atoms with Crippen molar-refractivity contribution in [3.63, 3.8) is 0 Å². The van der Waals surface area contributed by atoms with Crippen molar-refractivity contribution >= 4 is 0 Å². The molecule has 1 N–H and O–H groups in total. The first kappa shape index (κ1) is 13.1. The normalized spacial score (nSPS) is 25.8. The maximum absolute atomic E-state index is 3.51. The number of nitrogens with one attached hydrogen (secondary N) is 1. The summed E-state index contributed by atoms with van der Waals surface area (Å²) in [6, 6.07) is 10.9. The van der Waals surface area contributed by atoms with Gasteiger partial charge in [0, 0.05) is 6.54 Å². The number of likely N-dealkylation sites (tertiary alicyclic amines) is 1. The Balaban J connectivity index is 1.40. The van der Waals surface area contributed by atoms with Crippen LogP contribution in [0.25, 0.3) is 0 Å². The molecular formula is C17H26N2. The minimum Gasteiger partial charge on any atom is -0.316 e. The zero-order valence-corrected chi connectivity index (χ0v) is 11.9. The molecule has 0 aliphatic carbocycles. The lowest BCUT2D eigenvalue weighted by Crippen LogP contribution is -2.37. The fraction of sp³-hybridized carbons (Fsp3) is 0.647. The molecule has 1 aromatic rings. The second kappa shape index (κ2) is 6.53. The third-order valence-electron chi connectivity index (χ3n) is 4.96. The molecule has 0 aromatic heterocycles. The average molecular weight is 258 g/mol. The molecule has 1 atom stereocenters. The Kier molecular flexibility index (Phi) is 4.52. The quantitative estimate of drug-likeness (QED) is 0.893. The van der Waals surface area contributed by atoms with E-state index in [1.165, 1.54) is 64.0 Å². The van der Waals surface area contributed by atoms with Gasteiger partial charge in [-0.1, -0.05) is 30.3 Å². The number of benzene rings is 1. The predicted molar refractivity (Wildman–Crippen MR) is 80.3 cm³/mol. The maximum Gasteiger partial charge on any atom is 0.00218 e. The van der Waals surface area contributed by atoms with Crippen LogP contribution in [0.15, 0.2) is 30.3 Å². The molecule has 2 nitrogen and oxygen atoms in total. The van der Waals surface area contributed by atoms with Crippen LogP contribution in [0.5, 0.6) is 0 Å². The van der Waals surface area contributed by atoms with Crippen molar-refractivity contribution in [3.8, 4) is 0 Å². The van der Waals surface area contributed by atoms with Gasteiger partial charge in [0.05, 0.1) is 0 Å². The number of nitrogens with zero attached hydrogens (tertiary/aromatic N) is 1. The standard InChI is InChI=1S/C17H26N2/c1-2-4-15(5-3-1)7-11-19-12-8-16(9-13-19)17-6-10-18-14-17/h1-5,16-18H,6-14H2/t17-/m0/s1. The van der Waals surface area contributed by atoms with E-state index in [-0.39, 0.29) is 0 Å². The first-order valence-electron chi connectivity index (χ1n) is 7.89. The highest BCUT2D eigenvalue weighted by molar-refractivity contribution is 5.14. The van der Waals surface area contributed by atoms with Gasteiger partial charge in [0.15, 0.2) is 0 Å². The zero-order valence-electron chi connectivity index (χ0n) is 11.9. The highest BCUT2D eigenvalue weighted by Crippen LogP contribution is 2.28. The van der Waals surface area contributed by atoms with Crippen molar-refractivity contribution in [2.45, 2.75) is 25.7 Å². The van der Waals surface area contributed by atoms with Gasteiger partial charge in [-0.25, -0.2) is 0 Å². The lowest BCUT2D eigenvalue weighted by molar-refractivity contribution is 0.154. The van der Waals surface area contributed by atoms with Crippen molar-refractivity contribution in [2.75, 3.05) is 32.7 Å². The number of rotatable bonds is 4. The van der Waals surface area contributed by atoms with Crippen molar-refractivity contribution < 1.29 is 0 Å². The van der Waals surface area contributed by atoms with Crippen LogP contribution in [-0.2, 0) is 6.42 Å². The number of hydrogen-bond donors (Lipinski definition) is 1. The van der Waals surface area contributed by atoms with E-state index < -0.39 is 0 Å². The molecule has 0 bridgehead atoms. The van der Waals surface area contributed by atoms with Crippen molar-refractivity contribution in [1.29, 1.82) is 0 Å². The molecule has 0 saturated carbocycles. The molecule has 0 unspecified atom stereocenters. The first-order valence-corrected chi connectivity index (χ1v) is 7.89. The Labute approximate surface area is 117 Å². The van der Waals surface area contributed by atoms with Gasteiger partial charge >= 0.3 is 0 Å². The largest absolute Gasteiger partial charge is 0.316 e. The Hall–Kier alpha value is -0.860. The van der Waals surface area contributed by atoms with Gasteiger partial charge in [0.2, 0.25) is 0 Å². The van der Waals surface area contributed by atoms with Crippen molar-refractivity contribution in [2.24, 2.45) is 11.8 Å². The Morgan fingerprint density at radius 2 is 1.79 bits per heavy atom. The van der Waals surface area contributed by atoms with Crippen LogP contribution >= 0.6 is 0 Å². The fourth-order valence-electron chi connectivity index (χ4n) is 3.66. The Bertz CT molecular complexity index is 362. The molecule has 2 heteroatoms. The summed E-state index contributed by atoms with van der Waals surface area (Å²) >= 11 is 0. The summed E-state index contributed by atoms with van der Waals surface area (Å²) in [5.74, 6) is 1.96. The van der Waals surface area contributed by atoms with Crippen molar-refractivity contribution in [3.05, 3.63) is 35.9 Å². The summed E-state index contributed by atoms with van der Waals surface area (Å²) in [6.07, 6.45) is 5.45. The summed E-state index contributed by atoms with van der Waals surface area (Å²) in [4.78, 5) is 2.66. The van der Waals surface area contributed by atoms with E-state index in [2.05, 4.69) is 40.5 Å². The van der Waals surface area contributed by atoms with Crippen LogP contribution in [-0.4, -0.2) is 37.6 Å². The summed E-state index contributed by atoms with van der Waals surface area (Å²) in [7, 11) is 0. The van der Waals surface area contributed by atoms with Gasteiger partial charge in [0.1, 0.15) is 0 Å². The van der Waals surface area contributed by atoms with E-state index in [1.807, 2.05) is 0 Å². The summed E-state index contributed by atoms with van der Waals surface area (Å²) < 4.78 is 0. The van der Waals surface area contributed by atoms with Crippen LogP contribution in [0.4, 0.5) is 0 Å². The minimum absolute atomic E-state index is 0.969. The van der Waals surface area contributed by atoms with E-state index >= 15 is 0 Å². The molecule has 104 valence electrons.